The molecular weight excluding hydrogens is 340 g/mol. The van der Waals surface area contributed by atoms with E-state index in [0.717, 1.165) is 11.3 Å². The number of nitrogens with zero attached hydrogens (tertiary/aromatic N) is 3. The van der Waals surface area contributed by atoms with E-state index < -0.39 is 10.0 Å². The lowest BCUT2D eigenvalue weighted by Gasteiger charge is -2.25. The van der Waals surface area contributed by atoms with E-state index in [9.17, 15) is 13.2 Å². The summed E-state index contributed by atoms with van der Waals surface area (Å²) < 4.78 is 26.5. The van der Waals surface area contributed by atoms with Crippen LogP contribution in [0.1, 0.15) is 17.0 Å². The van der Waals surface area contributed by atoms with E-state index in [-0.39, 0.29) is 5.91 Å². The largest absolute Gasteiger partial charge is 0.347 e. The summed E-state index contributed by atoms with van der Waals surface area (Å²) in [6.45, 7) is 1.55. The van der Waals surface area contributed by atoms with Gasteiger partial charge in [-0.1, -0.05) is 30.3 Å². The number of carbonyl (C=O) groups is 1. The number of aromatic nitrogens is 2. The Kier molecular flexibility index (Phi) is 5.00. The maximum atomic E-state index is 11.9. The van der Waals surface area contributed by atoms with Crippen LogP contribution in [0.5, 0.6) is 0 Å². The van der Waals surface area contributed by atoms with Gasteiger partial charge in [-0.05, 0) is 17.7 Å². The molecule has 0 saturated heterocycles. The van der Waals surface area contributed by atoms with Crippen LogP contribution in [0.3, 0.4) is 0 Å². The van der Waals surface area contributed by atoms with Crippen LogP contribution in [0.2, 0.25) is 0 Å². The van der Waals surface area contributed by atoms with Crippen LogP contribution in [0.25, 0.3) is 6.08 Å². The number of fused-ring (bicyclic) bond motifs is 1. The van der Waals surface area contributed by atoms with Gasteiger partial charge < -0.3 is 5.32 Å². The number of hydrogen-bond donors (Lipinski definition) is 1. The Hall–Kier alpha value is -2.45. The third-order valence-electron chi connectivity index (χ3n) is 3.95. The lowest BCUT2D eigenvalue weighted by molar-refractivity contribution is -0.116. The van der Waals surface area contributed by atoms with Crippen molar-refractivity contribution in [2.75, 3.05) is 12.8 Å². The molecular formula is C17H20N4O3S. The minimum absolute atomic E-state index is 0.201. The zero-order valence-corrected chi connectivity index (χ0v) is 14.7. The first kappa shape index (κ1) is 17.4. The van der Waals surface area contributed by atoms with Gasteiger partial charge in [-0.25, -0.2) is 8.42 Å². The van der Waals surface area contributed by atoms with Gasteiger partial charge in [0.2, 0.25) is 15.9 Å². The molecule has 132 valence electrons. The molecule has 0 saturated carbocycles. The van der Waals surface area contributed by atoms with Crippen molar-refractivity contribution in [3.8, 4) is 0 Å². The number of rotatable bonds is 5. The minimum atomic E-state index is -3.21. The maximum absolute atomic E-state index is 11.9. The highest BCUT2D eigenvalue weighted by atomic mass is 32.2. The van der Waals surface area contributed by atoms with Gasteiger partial charge in [0.25, 0.3) is 0 Å². The molecule has 1 N–H and O–H groups in total. The highest BCUT2D eigenvalue weighted by Gasteiger charge is 2.24. The molecule has 0 spiro atoms. The van der Waals surface area contributed by atoms with Crippen molar-refractivity contribution >= 4 is 22.0 Å². The molecule has 0 fully saturated rings. The summed E-state index contributed by atoms with van der Waals surface area (Å²) in [5.74, 6) is -0.201. The molecule has 2 aromatic rings. The predicted molar refractivity (Wildman–Crippen MR) is 94.8 cm³/mol. The molecule has 1 amide bonds. The first-order valence-electron chi connectivity index (χ1n) is 7.93. The molecule has 25 heavy (non-hydrogen) atoms. The van der Waals surface area contributed by atoms with Crippen LogP contribution >= 0.6 is 0 Å². The predicted octanol–water partition coefficient (Wildman–Crippen LogP) is 0.988. The Bertz CT molecular complexity index is 888. The average Bonchev–Trinajstić information content (AvgIpc) is 3.00. The third kappa shape index (κ3) is 4.55. The Balaban J connectivity index is 1.57. The number of nitrogens with one attached hydrogen (secondary N) is 1. The van der Waals surface area contributed by atoms with Crippen molar-refractivity contribution in [1.29, 1.82) is 0 Å². The van der Waals surface area contributed by atoms with Crippen molar-refractivity contribution in [2.45, 2.75) is 19.6 Å². The molecule has 7 nitrogen and oxygen atoms in total. The van der Waals surface area contributed by atoms with Crippen LogP contribution in [-0.4, -0.2) is 41.2 Å². The topological polar surface area (TPSA) is 84.3 Å². The standard InChI is InChI=1S/C17H20N4O3S/c1-25(23,24)20-9-10-21-16(13-20)11-15(19-21)12-18-17(22)8-7-14-5-3-2-4-6-14/h2-8,11H,9-10,12-13H2,1H3,(H,18,22)/b8-7+. The monoisotopic (exact) mass is 360 g/mol. The van der Waals surface area contributed by atoms with E-state index in [1.165, 1.54) is 16.6 Å². The molecule has 0 radical (unpaired) electrons. The van der Waals surface area contributed by atoms with Crippen molar-refractivity contribution in [3.05, 3.63) is 59.4 Å². The Morgan fingerprint density at radius 3 is 2.76 bits per heavy atom. The highest BCUT2D eigenvalue weighted by molar-refractivity contribution is 7.88. The van der Waals surface area contributed by atoms with E-state index in [4.69, 9.17) is 0 Å². The van der Waals surface area contributed by atoms with Gasteiger partial charge in [0, 0.05) is 12.6 Å². The lowest BCUT2D eigenvalue weighted by Crippen LogP contribution is -2.37. The highest BCUT2D eigenvalue weighted by Crippen LogP contribution is 2.16. The van der Waals surface area contributed by atoms with Gasteiger partial charge in [0.05, 0.1) is 37.3 Å². The van der Waals surface area contributed by atoms with Gasteiger partial charge in [-0.15, -0.1) is 0 Å². The maximum Gasteiger partial charge on any atom is 0.244 e. The third-order valence-corrected chi connectivity index (χ3v) is 5.20. The zero-order chi connectivity index (χ0) is 17.9. The fraction of sp³-hybridized carbons (Fsp3) is 0.294. The molecule has 0 bridgehead atoms. The number of carbonyl (C=O) groups excluding carboxylic acids is 1. The number of hydrogen-bond acceptors (Lipinski definition) is 4. The summed E-state index contributed by atoms with van der Waals surface area (Å²) in [6, 6.07) is 11.4. The number of sulfonamides is 1. The summed E-state index contributed by atoms with van der Waals surface area (Å²) >= 11 is 0. The van der Waals surface area contributed by atoms with Crippen molar-refractivity contribution in [1.82, 2.24) is 19.4 Å². The fourth-order valence-corrected chi connectivity index (χ4v) is 3.42. The summed E-state index contributed by atoms with van der Waals surface area (Å²) in [6.07, 6.45) is 4.44. The van der Waals surface area contributed by atoms with E-state index in [1.807, 2.05) is 36.4 Å². The molecule has 1 aliphatic rings. The summed E-state index contributed by atoms with van der Waals surface area (Å²) in [4.78, 5) is 11.9. The number of benzene rings is 1. The normalized spacial score (nSPS) is 15.2. The molecule has 1 aromatic heterocycles. The second kappa shape index (κ2) is 7.20. The Morgan fingerprint density at radius 1 is 1.28 bits per heavy atom. The molecule has 2 heterocycles. The van der Waals surface area contributed by atoms with Crippen LogP contribution in [-0.2, 0) is 34.5 Å². The molecule has 1 aromatic carbocycles. The van der Waals surface area contributed by atoms with Crippen LogP contribution in [0, 0.1) is 0 Å². The Labute approximate surface area is 147 Å². The molecule has 0 aliphatic carbocycles. The summed E-state index contributed by atoms with van der Waals surface area (Å²) in [5, 5.41) is 7.20. The SMILES string of the molecule is CS(=O)(=O)N1CCn2nc(CNC(=O)/C=C/c3ccccc3)cc2C1. The summed E-state index contributed by atoms with van der Waals surface area (Å²) in [7, 11) is -3.21. The van der Waals surface area contributed by atoms with Gasteiger partial charge in [-0.2, -0.15) is 9.40 Å². The molecule has 0 unspecified atom stereocenters. The first-order chi connectivity index (χ1) is 11.9. The van der Waals surface area contributed by atoms with Crippen molar-refractivity contribution in [3.63, 3.8) is 0 Å². The molecule has 1 aliphatic heterocycles. The lowest BCUT2D eigenvalue weighted by atomic mass is 10.2. The quantitative estimate of drug-likeness (QED) is 0.806. The second-order valence-electron chi connectivity index (χ2n) is 5.91. The van der Waals surface area contributed by atoms with E-state index in [1.54, 1.807) is 10.8 Å². The average molecular weight is 360 g/mol. The molecule has 3 rings (SSSR count). The number of amides is 1. The van der Waals surface area contributed by atoms with Crippen molar-refractivity contribution in [2.24, 2.45) is 0 Å². The van der Waals surface area contributed by atoms with E-state index >= 15 is 0 Å². The molecule has 0 atom stereocenters. The van der Waals surface area contributed by atoms with Gasteiger partial charge in [0.1, 0.15) is 0 Å². The van der Waals surface area contributed by atoms with Crippen LogP contribution in [0.4, 0.5) is 0 Å². The Morgan fingerprint density at radius 2 is 2.04 bits per heavy atom. The first-order valence-corrected chi connectivity index (χ1v) is 9.78. The zero-order valence-electron chi connectivity index (χ0n) is 13.9. The summed E-state index contributed by atoms with van der Waals surface area (Å²) in [5.41, 5.74) is 2.50. The fourth-order valence-electron chi connectivity index (χ4n) is 2.64. The van der Waals surface area contributed by atoms with Gasteiger partial charge in [-0.3, -0.25) is 9.48 Å². The molecule has 8 heteroatoms. The second-order valence-corrected chi connectivity index (χ2v) is 7.89. The van der Waals surface area contributed by atoms with Crippen LogP contribution < -0.4 is 5.32 Å². The van der Waals surface area contributed by atoms with Gasteiger partial charge >= 0.3 is 0 Å². The smallest absolute Gasteiger partial charge is 0.244 e. The van der Waals surface area contributed by atoms with Gasteiger partial charge in [0.15, 0.2) is 0 Å². The minimum Gasteiger partial charge on any atom is -0.347 e. The van der Waals surface area contributed by atoms with Crippen molar-refractivity contribution < 1.29 is 13.2 Å². The van der Waals surface area contributed by atoms with Crippen LogP contribution in [0.15, 0.2) is 42.5 Å². The van der Waals surface area contributed by atoms with E-state index in [0.29, 0.717) is 31.9 Å². The van der Waals surface area contributed by atoms with E-state index in [2.05, 4.69) is 10.4 Å².